The Hall–Kier alpha value is -4.58. The van der Waals surface area contributed by atoms with Crippen molar-refractivity contribution >= 4 is 39.4 Å². The van der Waals surface area contributed by atoms with Gasteiger partial charge in [-0.05, 0) is 42.7 Å². The third kappa shape index (κ3) is 2.91. The minimum Gasteiger partial charge on any atom is -0.337 e. The number of H-pyrrole nitrogens is 1. The van der Waals surface area contributed by atoms with Crippen LogP contribution in [-0.2, 0) is 9.59 Å². The number of pyridine rings is 1. The third-order valence-electron chi connectivity index (χ3n) is 7.38. The van der Waals surface area contributed by atoms with Gasteiger partial charge in [-0.3, -0.25) is 19.6 Å². The molecule has 2 amide bonds. The van der Waals surface area contributed by atoms with Crippen LogP contribution in [0.4, 0.5) is 10.2 Å². The summed E-state index contributed by atoms with van der Waals surface area (Å²) in [5, 5.41) is 18.8. The van der Waals surface area contributed by atoms with E-state index in [4.69, 9.17) is 0 Å². The summed E-state index contributed by atoms with van der Waals surface area (Å²) in [6, 6.07) is 10.7. The standard InChI is InChI=1S/C27H21FN6O2/c1-3-21(35)33-13-27(14-33)9-10-34(26(27)36)25-17(11-29)23(16-5-4-6-19(28)24(16)31-25)22-15(2)7-8-20-18(22)12-30-32-20/h3-8,12H,1,9-10,13-14H2,2H3,(H,30,32). The number of aryl methyl sites for hydroxylation is 1. The third-order valence-corrected chi connectivity index (χ3v) is 7.38. The number of fused-ring (bicyclic) bond motifs is 2. The smallest absolute Gasteiger partial charge is 0.246 e. The van der Waals surface area contributed by atoms with Crippen molar-refractivity contribution in [2.75, 3.05) is 24.5 Å². The molecule has 0 aliphatic carbocycles. The van der Waals surface area contributed by atoms with Crippen LogP contribution in [0.15, 0.2) is 49.2 Å². The number of nitrogens with zero attached hydrogens (tertiary/aromatic N) is 5. The number of benzene rings is 2. The van der Waals surface area contributed by atoms with E-state index in [9.17, 15) is 14.9 Å². The van der Waals surface area contributed by atoms with E-state index in [0.717, 1.165) is 22.0 Å². The molecule has 1 spiro atoms. The molecule has 36 heavy (non-hydrogen) atoms. The van der Waals surface area contributed by atoms with E-state index < -0.39 is 11.2 Å². The zero-order valence-electron chi connectivity index (χ0n) is 19.5. The second-order valence-corrected chi connectivity index (χ2v) is 9.41. The maximum absolute atomic E-state index is 15.1. The lowest BCUT2D eigenvalue weighted by molar-refractivity contribution is -0.146. The quantitative estimate of drug-likeness (QED) is 0.449. The fraction of sp³-hybridized carbons (Fsp3) is 0.222. The fourth-order valence-corrected chi connectivity index (χ4v) is 5.54. The Kier molecular flexibility index (Phi) is 4.70. The number of carbonyl (C=O) groups is 2. The lowest BCUT2D eigenvalue weighted by Gasteiger charge is -2.45. The summed E-state index contributed by atoms with van der Waals surface area (Å²) < 4.78 is 15.1. The van der Waals surface area contributed by atoms with Crippen molar-refractivity contribution < 1.29 is 14.0 Å². The van der Waals surface area contributed by atoms with Crippen LogP contribution in [-0.4, -0.2) is 51.5 Å². The summed E-state index contributed by atoms with van der Waals surface area (Å²) in [5.74, 6) is -0.828. The molecule has 0 saturated carbocycles. The van der Waals surface area contributed by atoms with Gasteiger partial charge in [-0.25, -0.2) is 9.37 Å². The molecule has 2 saturated heterocycles. The number of anilines is 1. The summed E-state index contributed by atoms with van der Waals surface area (Å²) >= 11 is 0. The van der Waals surface area contributed by atoms with Crippen molar-refractivity contribution in [1.29, 1.82) is 5.26 Å². The normalized spacial score (nSPS) is 16.5. The molecule has 4 heterocycles. The first kappa shape index (κ1) is 21.9. The summed E-state index contributed by atoms with van der Waals surface area (Å²) in [6.45, 7) is 6.33. The van der Waals surface area contributed by atoms with Gasteiger partial charge in [-0.2, -0.15) is 10.4 Å². The van der Waals surface area contributed by atoms with Crippen molar-refractivity contribution in [1.82, 2.24) is 20.1 Å². The zero-order valence-corrected chi connectivity index (χ0v) is 19.5. The molecule has 0 radical (unpaired) electrons. The molecule has 2 fully saturated rings. The average molecular weight is 481 g/mol. The predicted octanol–water partition coefficient (Wildman–Crippen LogP) is 3.85. The number of para-hydroxylation sites is 1. The highest BCUT2D eigenvalue weighted by atomic mass is 19.1. The molecule has 0 bridgehead atoms. The molecule has 9 heteroatoms. The monoisotopic (exact) mass is 480 g/mol. The average Bonchev–Trinajstić information content (AvgIpc) is 3.46. The van der Waals surface area contributed by atoms with Crippen molar-refractivity contribution in [3.05, 3.63) is 66.1 Å². The van der Waals surface area contributed by atoms with Gasteiger partial charge in [0.05, 0.1) is 17.1 Å². The highest BCUT2D eigenvalue weighted by Crippen LogP contribution is 2.46. The van der Waals surface area contributed by atoms with Crippen LogP contribution in [0.25, 0.3) is 32.9 Å². The Morgan fingerprint density at radius 2 is 2.06 bits per heavy atom. The second-order valence-electron chi connectivity index (χ2n) is 9.41. The number of rotatable bonds is 3. The number of nitriles is 1. The highest BCUT2D eigenvalue weighted by Gasteiger charge is 2.56. The van der Waals surface area contributed by atoms with Crippen LogP contribution >= 0.6 is 0 Å². The molecule has 2 aliphatic heterocycles. The van der Waals surface area contributed by atoms with E-state index in [1.54, 1.807) is 23.2 Å². The van der Waals surface area contributed by atoms with E-state index in [1.165, 1.54) is 17.0 Å². The van der Waals surface area contributed by atoms with Gasteiger partial charge < -0.3 is 4.90 Å². The van der Waals surface area contributed by atoms with Gasteiger partial charge in [-0.15, -0.1) is 0 Å². The fourth-order valence-electron chi connectivity index (χ4n) is 5.54. The predicted molar refractivity (Wildman–Crippen MR) is 132 cm³/mol. The van der Waals surface area contributed by atoms with Gasteiger partial charge in [0, 0.05) is 36.0 Å². The number of aromatic amines is 1. The number of aromatic nitrogens is 3. The molecular formula is C27H21FN6O2. The maximum atomic E-state index is 15.1. The molecule has 0 unspecified atom stereocenters. The number of nitrogens with one attached hydrogen (secondary N) is 1. The van der Waals surface area contributed by atoms with Gasteiger partial charge in [0.15, 0.2) is 5.82 Å². The number of halogens is 1. The summed E-state index contributed by atoms with van der Waals surface area (Å²) in [6.07, 6.45) is 3.43. The van der Waals surface area contributed by atoms with Gasteiger partial charge in [0.2, 0.25) is 11.8 Å². The summed E-state index contributed by atoms with van der Waals surface area (Å²) in [5.41, 5.74) is 2.49. The minimum atomic E-state index is -0.724. The molecule has 2 aromatic carbocycles. The van der Waals surface area contributed by atoms with Crippen LogP contribution in [0.2, 0.25) is 0 Å². The van der Waals surface area contributed by atoms with Gasteiger partial charge in [-0.1, -0.05) is 24.8 Å². The number of hydrogen-bond donors (Lipinski definition) is 1. The van der Waals surface area contributed by atoms with E-state index in [0.29, 0.717) is 23.9 Å². The topological polar surface area (TPSA) is 106 Å². The van der Waals surface area contributed by atoms with Crippen molar-refractivity contribution in [3.63, 3.8) is 0 Å². The van der Waals surface area contributed by atoms with E-state index >= 15 is 4.39 Å². The molecule has 2 aromatic heterocycles. The Bertz CT molecular complexity index is 1660. The van der Waals surface area contributed by atoms with Crippen molar-refractivity contribution in [2.45, 2.75) is 13.3 Å². The molecule has 2 aliphatic rings. The second kappa shape index (κ2) is 7.71. The number of hydrogen-bond acceptors (Lipinski definition) is 5. The van der Waals surface area contributed by atoms with Crippen LogP contribution < -0.4 is 4.90 Å². The first-order chi connectivity index (χ1) is 17.4. The largest absolute Gasteiger partial charge is 0.337 e. The van der Waals surface area contributed by atoms with E-state index in [2.05, 4.69) is 27.8 Å². The molecule has 8 nitrogen and oxygen atoms in total. The number of likely N-dealkylation sites (tertiary alicyclic amines) is 1. The van der Waals surface area contributed by atoms with Gasteiger partial charge >= 0.3 is 0 Å². The Morgan fingerprint density at radius 3 is 2.81 bits per heavy atom. The Balaban J connectivity index is 1.58. The lowest BCUT2D eigenvalue weighted by atomic mass is 9.78. The van der Waals surface area contributed by atoms with Crippen molar-refractivity contribution in [3.8, 4) is 17.2 Å². The molecule has 6 rings (SSSR count). The highest BCUT2D eigenvalue weighted by molar-refractivity contribution is 6.10. The van der Waals surface area contributed by atoms with Gasteiger partial charge in [0.25, 0.3) is 0 Å². The van der Waals surface area contributed by atoms with Crippen LogP contribution in [0, 0.1) is 29.5 Å². The van der Waals surface area contributed by atoms with E-state index in [-0.39, 0.29) is 41.8 Å². The molecule has 4 aromatic rings. The Morgan fingerprint density at radius 1 is 1.25 bits per heavy atom. The molecule has 1 N–H and O–H groups in total. The SMILES string of the molecule is C=CC(=O)N1CC2(CCN(c3nc4c(F)cccc4c(-c4c(C)ccc5[nH]ncc45)c3C#N)C2=O)C1. The Labute approximate surface area is 205 Å². The van der Waals surface area contributed by atoms with Crippen LogP contribution in [0.3, 0.4) is 0 Å². The summed E-state index contributed by atoms with van der Waals surface area (Å²) in [7, 11) is 0. The first-order valence-corrected chi connectivity index (χ1v) is 11.6. The molecule has 178 valence electrons. The molecular weight excluding hydrogens is 459 g/mol. The minimum absolute atomic E-state index is 0.0900. The first-order valence-electron chi connectivity index (χ1n) is 11.6. The maximum Gasteiger partial charge on any atom is 0.246 e. The molecule has 0 atom stereocenters. The van der Waals surface area contributed by atoms with E-state index in [1.807, 2.05) is 19.1 Å². The number of carbonyl (C=O) groups excluding carboxylic acids is 2. The zero-order chi connectivity index (χ0) is 25.2. The summed E-state index contributed by atoms with van der Waals surface area (Å²) in [4.78, 5) is 33.2. The number of amides is 2. The van der Waals surface area contributed by atoms with Crippen molar-refractivity contribution in [2.24, 2.45) is 5.41 Å². The lowest BCUT2D eigenvalue weighted by Crippen LogP contribution is -2.61. The van der Waals surface area contributed by atoms with Crippen LogP contribution in [0.5, 0.6) is 0 Å². The van der Waals surface area contributed by atoms with Crippen LogP contribution in [0.1, 0.15) is 17.5 Å². The van der Waals surface area contributed by atoms with Gasteiger partial charge in [0.1, 0.15) is 23.0 Å².